The van der Waals surface area contributed by atoms with Gasteiger partial charge in [0.15, 0.2) is 0 Å². The van der Waals surface area contributed by atoms with Gasteiger partial charge in [-0.05, 0) is 24.7 Å². The van der Waals surface area contributed by atoms with Crippen molar-refractivity contribution in [3.05, 3.63) is 0 Å². The Morgan fingerprint density at radius 1 is 1.42 bits per heavy atom. The van der Waals surface area contributed by atoms with Crippen LogP contribution >= 0.6 is 0 Å². The molecular weight excluding hydrogens is 150 g/mol. The molecule has 0 spiro atoms. The van der Waals surface area contributed by atoms with Gasteiger partial charge in [-0.1, -0.05) is 20.8 Å². The number of carbonyl (C=O) groups is 1. The fourth-order valence-electron chi connectivity index (χ4n) is 1.72. The van der Waals surface area contributed by atoms with Crippen LogP contribution in [0.1, 0.15) is 40.0 Å². The highest BCUT2D eigenvalue weighted by Gasteiger charge is 2.22. The molecule has 0 aromatic heterocycles. The van der Waals surface area contributed by atoms with E-state index in [-0.39, 0.29) is 5.91 Å². The highest BCUT2D eigenvalue weighted by molar-refractivity contribution is 5.76. The SMILES string of the molecule is CC(C)[C@@H]1CC[C@H](C)CC(=O)N1. The first-order chi connectivity index (χ1) is 5.59. The van der Waals surface area contributed by atoms with Crippen molar-refractivity contribution in [3.8, 4) is 0 Å². The van der Waals surface area contributed by atoms with Crippen LogP contribution in [0.3, 0.4) is 0 Å². The molecule has 0 unspecified atom stereocenters. The predicted octanol–water partition coefficient (Wildman–Crippen LogP) is 1.95. The lowest BCUT2D eigenvalue weighted by molar-refractivity contribution is -0.122. The van der Waals surface area contributed by atoms with Gasteiger partial charge < -0.3 is 5.32 Å². The highest BCUT2D eigenvalue weighted by atomic mass is 16.1. The summed E-state index contributed by atoms with van der Waals surface area (Å²) in [6.07, 6.45) is 3.04. The van der Waals surface area contributed by atoms with Gasteiger partial charge in [0.25, 0.3) is 0 Å². The largest absolute Gasteiger partial charge is 0.353 e. The first-order valence-electron chi connectivity index (χ1n) is 4.89. The summed E-state index contributed by atoms with van der Waals surface area (Å²) < 4.78 is 0. The third-order valence-electron chi connectivity index (χ3n) is 2.66. The Bertz CT molecular complexity index is 165. The van der Waals surface area contributed by atoms with Crippen LogP contribution in [0, 0.1) is 11.8 Å². The second-order valence-corrected chi connectivity index (χ2v) is 4.30. The molecule has 1 amide bonds. The van der Waals surface area contributed by atoms with Crippen molar-refractivity contribution in [3.63, 3.8) is 0 Å². The molecule has 70 valence electrons. The van der Waals surface area contributed by atoms with Crippen LogP contribution in [-0.2, 0) is 4.79 Å². The molecule has 0 aromatic rings. The number of hydrogen-bond donors (Lipinski definition) is 1. The molecular formula is C10H19NO. The summed E-state index contributed by atoms with van der Waals surface area (Å²) in [5.74, 6) is 1.37. The van der Waals surface area contributed by atoms with E-state index in [4.69, 9.17) is 0 Å². The zero-order valence-corrected chi connectivity index (χ0v) is 8.26. The average Bonchev–Trinajstić information content (AvgIpc) is 2.11. The van der Waals surface area contributed by atoms with Gasteiger partial charge in [0, 0.05) is 12.5 Å². The third kappa shape index (κ3) is 2.50. The standard InChI is InChI=1S/C10H19NO/c1-7(2)9-5-4-8(3)6-10(12)11-9/h7-9H,4-6H2,1-3H3,(H,11,12)/t8-,9-/m0/s1. The van der Waals surface area contributed by atoms with Crippen molar-refractivity contribution < 1.29 is 4.79 Å². The maximum Gasteiger partial charge on any atom is 0.220 e. The van der Waals surface area contributed by atoms with Gasteiger partial charge in [-0.2, -0.15) is 0 Å². The van der Waals surface area contributed by atoms with Gasteiger partial charge in [-0.25, -0.2) is 0 Å². The monoisotopic (exact) mass is 169 g/mol. The maximum atomic E-state index is 11.3. The van der Waals surface area contributed by atoms with Crippen LogP contribution in [0.5, 0.6) is 0 Å². The lowest BCUT2D eigenvalue weighted by atomic mass is 9.96. The molecule has 0 aliphatic carbocycles. The lowest BCUT2D eigenvalue weighted by Crippen LogP contribution is -2.36. The van der Waals surface area contributed by atoms with Crippen molar-refractivity contribution in [2.75, 3.05) is 0 Å². The molecule has 1 rings (SSSR count). The van der Waals surface area contributed by atoms with Crippen LogP contribution in [0.15, 0.2) is 0 Å². The average molecular weight is 169 g/mol. The smallest absolute Gasteiger partial charge is 0.220 e. The Morgan fingerprint density at radius 3 is 2.67 bits per heavy atom. The van der Waals surface area contributed by atoms with Crippen molar-refractivity contribution in [2.24, 2.45) is 11.8 Å². The molecule has 12 heavy (non-hydrogen) atoms. The van der Waals surface area contributed by atoms with Gasteiger partial charge in [0.2, 0.25) is 5.91 Å². The van der Waals surface area contributed by atoms with Crippen LogP contribution in [0.2, 0.25) is 0 Å². The van der Waals surface area contributed by atoms with Crippen LogP contribution in [0.4, 0.5) is 0 Å². The van der Waals surface area contributed by atoms with E-state index in [1.807, 2.05) is 0 Å². The number of carbonyl (C=O) groups excluding carboxylic acids is 1. The Balaban J connectivity index is 2.52. The van der Waals surface area contributed by atoms with Crippen molar-refractivity contribution in [2.45, 2.75) is 46.1 Å². The van der Waals surface area contributed by atoms with Crippen LogP contribution in [-0.4, -0.2) is 11.9 Å². The molecule has 1 aliphatic rings. The summed E-state index contributed by atoms with van der Waals surface area (Å²) in [6, 6.07) is 0.405. The van der Waals surface area contributed by atoms with E-state index in [2.05, 4.69) is 26.1 Å². The van der Waals surface area contributed by atoms with Gasteiger partial charge in [0.05, 0.1) is 0 Å². The second-order valence-electron chi connectivity index (χ2n) is 4.30. The van der Waals surface area contributed by atoms with Gasteiger partial charge in [0.1, 0.15) is 0 Å². The Hall–Kier alpha value is -0.530. The van der Waals surface area contributed by atoms with E-state index in [1.165, 1.54) is 6.42 Å². The van der Waals surface area contributed by atoms with Gasteiger partial charge >= 0.3 is 0 Å². The number of rotatable bonds is 1. The Morgan fingerprint density at radius 2 is 2.08 bits per heavy atom. The second kappa shape index (κ2) is 3.92. The number of amides is 1. The molecule has 1 aliphatic heterocycles. The zero-order valence-electron chi connectivity index (χ0n) is 8.26. The normalized spacial score (nSPS) is 31.5. The zero-order chi connectivity index (χ0) is 9.14. The molecule has 0 bridgehead atoms. The molecule has 1 fully saturated rings. The third-order valence-corrected chi connectivity index (χ3v) is 2.66. The quantitative estimate of drug-likeness (QED) is 0.638. The molecule has 0 saturated carbocycles. The molecule has 2 heteroatoms. The molecule has 1 N–H and O–H groups in total. The molecule has 1 saturated heterocycles. The summed E-state index contributed by atoms with van der Waals surface area (Å²) in [7, 11) is 0. The van der Waals surface area contributed by atoms with Crippen LogP contribution in [0.25, 0.3) is 0 Å². The molecule has 0 radical (unpaired) electrons. The summed E-state index contributed by atoms with van der Waals surface area (Å²) >= 11 is 0. The summed E-state index contributed by atoms with van der Waals surface area (Å²) in [5, 5.41) is 3.07. The van der Waals surface area contributed by atoms with E-state index >= 15 is 0 Å². The van der Waals surface area contributed by atoms with Crippen molar-refractivity contribution >= 4 is 5.91 Å². The highest BCUT2D eigenvalue weighted by Crippen LogP contribution is 2.19. The molecule has 2 atom stereocenters. The van der Waals surface area contributed by atoms with E-state index < -0.39 is 0 Å². The summed E-state index contributed by atoms with van der Waals surface area (Å²) in [5.41, 5.74) is 0. The Kier molecular flexibility index (Phi) is 3.12. The number of nitrogens with one attached hydrogen (secondary N) is 1. The fourth-order valence-corrected chi connectivity index (χ4v) is 1.72. The maximum absolute atomic E-state index is 11.3. The van der Waals surface area contributed by atoms with Gasteiger partial charge in [-0.15, -0.1) is 0 Å². The topological polar surface area (TPSA) is 29.1 Å². The lowest BCUT2D eigenvalue weighted by Gasteiger charge is -2.19. The number of hydrogen-bond acceptors (Lipinski definition) is 1. The minimum atomic E-state index is 0.235. The van der Waals surface area contributed by atoms with Crippen molar-refractivity contribution in [1.82, 2.24) is 5.32 Å². The van der Waals surface area contributed by atoms with E-state index in [1.54, 1.807) is 0 Å². The molecule has 2 nitrogen and oxygen atoms in total. The predicted molar refractivity (Wildman–Crippen MR) is 49.8 cm³/mol. The first-order valence-corrected chi connectivity index (χ1v) is 4.89. The van der Waals surface area contributed by atoms with E-state index in [9.17, 15) is 4.79 Å². The fraction of sp³-hybridized carbons (Fsp3) is 0.900. The summed E-state index contributed by atoms with van der Waals surface area (Å²) in [6.45, 7) is 6.49. The Labute approximate surface area is 74.7 Å². The minimum Gasteiger partial charge on any atom is -0.353 e. The van der Waals surface area contributed by atoms with E-state index in [0.29, 0.717) is 24.3 Å². The minimum absolute atomic E-state index is 0.235. The first kappa shape index (κ1) is 9.56. The van der Waals surface area contributed by atoms with Crippen molar-refractivity contribution in [1.29, 1.82) is 0 Å². The van der Waals surface area contributed by atoms with Gasteiger partial charge in [-0.3, -0.25) is 4.79 Å². The molecule has 0 aromatic carbocycles. The summed E-state index contributed by atoms with van der Waals surface area (Å²) in [4.78, 5) is 11.3. The molecule has 1 heterocycles. The van der Waals surface area contributed by atoms with Crippen LogP contribution < -0.4 is 5.32 Å². The van der Waals surface area contributed by atoms with E-state index in [0.717, 1.165) is 6.42 Å².